The predicted octanol–water partition coefficient (Wildman–Crippen LogP) is 4.23. The Hall–Kier alpha value is -1.96. The van der Waals surface area contributed by atoms with Gasteiger partial charge in [0.05, 0.1) is 23.2 Å². The first-order valence-electron chi connectivity index (χ1n) is 10.7. The Bertz CT molecular complexity index is 1120. The topological polar surface area (TPSA) is 70.6 Å². The van der Waals surface area contributed by atoms with Crippen LogP contribution in [0.2, 0.25) is 5.02 Å². The Morgan fingerprint density at radius 2 is 2.00 bits per heavy atom. The van der Waals surface area contributed by atoms with Crippen LogP contribution >= 0.6 is 11.6 Å². The predicted molar refractivity (Wildman–Crippen MR) is 123 cm³/mol. The molecule has 0 aliphatic carbocycles. The molecule has 6 nitrogen and oxygen atoms in total. The molecule has 2 aromatic rings. The molecule has 0 bridgehead atoms. The van der Waals surface area contributed by atoms with Crippen LogP contribution in [0.3, 0.4) is 0 Å². The molecule has 1 aromatic heterocycles. The molecule has 1 saturated heterocycles. The number of benzene rings is 1. The van der Waals surface area contributed by atoms with Crippen molar-refractivity contribution in [3.8, 4) is 0 Å². The van der Waals surface area contributed by atoms with Gasteiger partial charge in [-0.1, -0.05) is 11.6 Å². The van der Waals surface area contributed by atoms with E-state index in [1.165, 1.54) is 0 Å². The number of piperidine rings is 1. The average molecular weight is 462 g/mol. The Morgan fingerprint density at radius 1 is 1.23 bits per heavy atom. The minimum atomic E-state index is -3.17. The van der Waals surface area contributed by atoms with Gasteiger partial charge in [0.1, 0.15) is 0 Å². The van der Waals surface area contributed by atoms with E-state index in [-0.39, 0.29) is 17.6 Å². The molecule has 2 aliphatic heterocycles. The number of hydrogen-bond acceptors (Lipinski definition) is 4. The molecule has 0 N–H and O–H groups in total. The minimum absolute atomic E-state index is 0.0616. The summed E-state index contributed by atoms with van der Waals surface area (Å²) in [5.74, 6) is 0.312. The number of fused-ring (bicyclic) bond motifs is 1. The van der Waals surface area contributed by atoms with E-state index in [0.717, 1.165) is 36.1 Å². The molecular weight excluding hydrogens is 434 g/mol. The van der Waals surface area contributed by atoms with Crippen molar-refractivity contribution in [3.63, 3.8) is 0 Å². The molecule has 3 heterocycles. The highest BCUT2D eigenvalue weighted by molar-refractivity contribution is 7.89. The van der Waals surface area contributed by atoms with Crippen LogP contribution in [0.4, 0.5) is 5.69 Å². The Balaban J connectivity index is 1.58. The second-order valence-electron chi connectivity index (χ2n) is 8.91. The number of anilines is 1. The number of carbonyl (C=O) groups is 1. The molecule has 4 rings (SSSR count). The monoisotopic (exact) mass is 461 g/mol. The number of amides is 1. The van der Waals surface area contributed by atoms with Crippen molar-refractivity contribution in [2.75, 3.05) is 23.7 Å². The summed E-state index contributed by atoms with van der Waals surface area (Å²) >= 11 is 6.19. The van der Waals surface area contributed by atoms with Crippen LogP contribution < -0.4 is 4.90 Å². The van der Waals surface area contributed by atoms with Crippen LogP contribution in [0.15, 0.2) is 36.7 Å². The fourth-order valence-corrected chi connectivity index (χ4v) is 6.20. The molecule has 1 atom stereocenters. The summed E-state index contributed by atoms with van der Waals surface area (Å²) in [6, 6.07) is 7.39. The van der Waals surface area contributed by atoms with Crippen molar-refractivity contribution >= 4 is 33.2 Å². The van der Waals surface area contributed by atoms with Crippen LogP contribution in [-0.4, -0.2) is 42.5 Å². The number of sulfonamides is 1. The second kappa shape index (κ2) is 8.19. The molecule has 8 heteroatoms. The summed E-state index contributed by atoms with van der Waals surface area (Å²) in [5.41, 5.74) is 2.77. The normalized spacial score (nSPS) is 21.4. The third-order valence-electron chi connectivity index (χ3n) is 6.44. The standard InChI is InChI=1S/C23H28ClN3O3S/c1-4-31(29,30)26-9-5-6-16(15-26)10-17-11-19(14-25-13-17)27-22(28)20-8-7-18(24)12-21(20)23(27,2)3/h7-8,11-14,16H,4-6,9-10,15H2,1-3H3. The zero-order valence-corrected chi connectivity index (χ0v) is 19.7. The average Bonchev–Trinajstić information content (AvgIpc) is 2.93. The van der Waals surface area contributed by atoms with Crippen molar-refractivity contribution in [2.45, 2.75) is 45.6 Å². The first-order chi connectivity index (χ1) is 14.6. The van der Waals surface area contributed by atoms with Gasteiger partial charge in [0.2, 0.25) is 10.0 Å². The lowest BCUT2D eigenvalue weighted by Gasteiger charge is -2.33. The van der Waals surface area contributed by atoms with Gasteiger partial charge in [-0.15, -0.1) is 0 Å². The summed E-state index contributed by atoms with van der Waals surface area (Å²) in [4.78, 5) is 19.4. The number of pyridine rings is 1. The number of hydrogen-bond donors (Lipinski definition) is 0. The molecule has 31 heavy (non-hydrogen) atoms. The van der Waals surface area contributed by atoms with E-state index in [0.29, 0.717) is 23.7 Å². The van der Waals surface area contributed by atoms with Crippen molar-refractivity contribution in [3.05, 3.63) is 58.4 Å². The van der Waals surface area contributed by atoms with Crippen LogP contribution in [-0.2, 0) is 22.0 Å². The van der Waals surface area contributed by atoms with Gasteiger partial charge in [-0.2, -0.15) is 0 Å². The van der Waals surface area contributed by atoms with Crippen LogP contribution in [0.5, 0.6) is 0 Å². The molecular formula is C23H28ClN3O3S. The van der Waals surface area contributed by atoms with E-state index in [9.17, 15) is 13.2 Å². The SMILES string of the molecule is CCS(=O)(=O)N1CCCC(Cc2cncc(N3C(=O)c4ccc(Cl)cc4C3(C)C)c2)C1. The van der Waals surface area contributed by atoms with Crippen molar-refractivity contribution in [1.29, 1.82) is 0 Å². The summed E-state index contributed by atoms with van der Waals surface area (Å²) in [6.45, 7) is 6.84. The lowest BCUT2D eigenvalue weighted by Crippen LogP contribution is -2.41. The quantitative estimate of drug-likeness (QED) is 0.667. The highest BCUT2D eigenvalue weighted by Crippen LogP contribution is 2.42. The van der Waals surface area contributed by atoms with Gasteiger partial charge in [0, 0.05) is 29.9 Å². The van der Waals surface area contributed by atoms with Crippen LogP contribution in [0, 0.1) is 5.92 Å². The van der Waals surface area contributed by atoms with Gasteiger partial charge in [0.25, 0.3) is 5.91 Å². The zero-order valence-electron chi connectivity index (χ0n) is 18.1. The van der Waals surface area contributed by atoms with Crippen LogP contribution in [0.25, 0.3) is 0 Å². The maximum Gasteiger partial charge on any atom is 0.259 e. The summed E-state index contributed by atoms with van der Waals surface area (Å²) in [7, 11) is -3.17. The fraction of sp³-hybridized carbons (Fsp3) is 0.478. The van der Waals surface area contributed by atoms with Gasteiger partial charge in [-0.3, -0.25) is 14.7 Å². The van der Waals surface area contributed by atoms with Crippen molar-refractivity contribution < 1.29 is 13.2 Å². The number of aromatic nitrogens is 1. The highest BCUT2D eigenvalue weighted by Gasteiger charge is 2.44. The number of nitrogens with zero attached hydrogens (tertiary/aromatic N) is 3. The third kappa shape index (κ3) is 4.11. The Morgan fingerprint density at radius 3 is 2.74 bits per heavy atom. The molecule has 1 fully saturated rings. The van der Waals surface area contributed by atoms with Crippen molar-refractivity contribution in [1.82, 2.24) is 9.29 Å². The highest BCUT2D eigenvalue weighted by atomic mass is 35.5. The third-order valence-corrected chi connectivity index (χ3v) is 8.52. The van der Waals surface area contributed by atoms with E-state index in [4.69, 9.17) is 11.6 Å². The first-order valence-corrected chi connectivity index (χ1v) is 12.7. The van der Waals surface area contributed by atoms with Gasteiger partial charge in [-0.25, -0.2) is 12.7 Å². The molecule has 1 aromatic carbocycles. The van der Waals surface area contributed by atoms with Gasteiger partial charge in [0.15, 0.2) is 0 Å². The molecule has 1 amide bonds. The molecule has 0 radical (unpaired) electrons. The molecule has 0 saturated carbocycles. The Kier molecular flexibility index (Phi) is 5.87. The van der Waals surface area contributed by atoms with Gasteiger partial charge < -0.3 is 0 Å². The Labute approximate surface area is 189 Å². The van der Waals surface area contributed by atoms with Crippen molar-refractivity contribution in [2.24, 2.45) is 5.92 Å². The van der Waals surface area contributed by atoms with Crippen LogP contribution in [0.1, 0.15) is 55.1 Å². The molecule has 166 valence electrons. The van der Waals surface area contributed by atoms with E-state index < -0.39 is 15.6 Å². The zero-order chi connectivity index (χ0) is 22.4. The maximum atomic E-state index is 13.2. The van der Waals surface area contributed by atoms with Gasteiger partial charge >= 0.3 is 0 Å². The summed E-state index contributed by atoms with van der Waals surface area (Å²) < 4.78 is 26.2. The largest absolute Gasteiger partial charge is 0.297 e. The number of halogens is 1. The smallest absolute Gasteiger partial charge is 0.259 e. The molecule has 1 unspecified atom stereocenters. The van der Waals surface area contributed by atoms with E-state index in [2.05, 4.69) is 4.98 Å². The maximum absolute atomic E-state index is 13.2. The first kappa shape index (κ1) is 22.2. The number of rotatable bonds is 5. The number of carbonyl (C=O) groups excluding carboxylic acids is 1. The second-order valence-corrected chi connectivity index (χ2v) is 11.6. The lowest BCUT2D eigenvalue weighted by atomic mass is 9.92. The van der Waals surface area contributed by atoms with Gasteiger partial charge in [-0.05, 0) is 81.3 Å². The molecule has 2 aliphatic rings. The van der Waals surface area contributed by atoms with E-state index in [1.54, 1.807) is 34.5 Å². The summed E-state index contributed by atoms with van der Waals surface area (Å²) in [6.07, 6.45) is 6.11. The fourth-order valence-electron chi connectivity index (χ4n) is 4.81. The summed E-state index contributed by atoms with van der Waals surface area (Å²) in [5, 5.41) is 0.609. The van der Waals surface area contributed by atoms with E-state index in [1.807, 2.05) is 32.2 Å². The van der Waals surface area contributed by atoms with E-state index >= 15 is 0 Å². The lowest BCUT2D eigenvalue weighted by molar-refractivity contribution is 0.0982. The minimum Gasteiger partial charge on any atom is -0.297 e. The molecule has 0 spiro atoms.